The first kappa shape index (κ1) is 23.6. The molecule has 35 heavy (non-hydrogen) atoms. The summed E-state index contributed by atoms with van der Waals surface area (Å²) in [5.41, 5.74) is 1.72. The Bertz CT molecular complexity index is 1410. The molecule has 2 heterocycles. The molecule has 5 rings (SSSR count). The Hall–Kier alpha value is -3.13. The van der Waals surface area contributed by atoms with E-state index in [2.05, 4.69) is 11.4 Å². The molecule has 8 heteroatoms. The molecule has 184 valence electrons. The van der Waals surface area contributed by atoms with Crippen LogP contribution in [0.3, 0.4) is 0 Å². The third-order valence-electron chi connectivity index (χ3n) is 6.89. The highest BCUT2D eigenvalue weighted by Gasteiger charge is 2.31. The van der Waals surface area contributed by atoms with E-state index in [-0.39, 0.29) is 23.6 Å². The number of amides is 1. The molecule has 2 aliphatic rings. The smallest absolute Gasteiger partial charge is 0.341 e. The summed E-state index contributed by atoms with van der Waals surface area (Å²) in [5, 5.41) is 13.1. The molecule has 1 fully saturated rings. The Morgan fingerprint density at radius 1 is 1.20 bits per heavy atom. The summed E-state index contributed by atoms with van der Waals surface area (Å²) in [6.45, 7) is 5.77. The Morgan fingerprint density at radius 2 is 1.94 bits per heavy atom. The van der Waals surface area contributed by atoms with Crippen molar-refractivity contribution in [3.05, 3.63) is 50.6 Å². The highest BCUT2D eigenvalue weighted by molar-refractivity contribution is 7.15. The highest BCUT2D eigenvalue weighted by atomic mass is 32.1. The number of benzene rings is 1. The van der Waals surface area contributed by atoms with Gasteiger partial charge in [0.25, 0.3) is 0 Å². The van der Waals surface area contributed by atoms with Crippen molar-refractivity contribution in [2.24, 2.45) is 5.41 Å². The Balaban J connectivity index is 1.56. The van der Waals surface area contributed by atoms with E-state index in [1.807, 2.05) is 31.4 Å². The average molecular weight is 495 g/mol. The Kier molecular flexibility index (Phi) is 5.74. The normalized spacial score (nSPS) is 17.8. The van der Waals surface area contributed by atoms with Crippen LogP contribution in [-0.4, -0.2) is 34.7 Å². The number of carbonyl (C=O) groups is 2. The summed E-state index contributed by atoms with van der Waals surface area (Å²) in [5.74, 6) is -0.550. The number of carboxylic acid groups (broad SMARTS) is 1. The van der Waals surface area contributed by atoms with Crippen LogP contribution in [0.15, 0.2) is 29.2 Å². The standard InChI is InChI=1S/C27H30N2O5S/c1-27(2,3)26(33)28-15-6-5-14-11-21(35-20(14)12-15)17-9-10-18-22(24(17)34-4)29(16-7-8-16)13-19(23(18)30)25(31)32/h9-11,13,15-16H,5-8,12H2,1-4H3,(H,28,33)(H,31,32). The van der Waals surface area contributed by atoms with Crippen LogP contribution in [0.2, 0.25) is 0 Å². The van der Waals surface area contributed by atoms with Gasteiger partial charge in [0, 0.05) is 45.4 Å². The molecule has 2 N–H and O–H groups in total. The zero-order valence-electron chi connectivity index (χ0n) is 20.4. The number of methoxy groups -OCH3 is 1. The zero-order chi connectivity index (χ0) is 25.1. The molecule has 0 aliphatic heterocycles. The number of thiophene rings is 1. The number of carbonyl (C=O) groups excluding carboxylic acids is 1. The molecule has 0 radical (unpaired) electrons. The topological polar surface area (TPSA) is 97.6 Å². The third kappa shape index (κ3) is 4.24. The van der Waals surface area contributed by atoms with Crippen molar-refractivity contribution in [2.45, 2.75) is 65.0 Å². The number of pyridine rings is 1. The third-order valence-corrected chi connectivity index (χ3v) is 8.13. The largest absolute Gasteiger partial charge is 0.494 e. The molecule has 1 saturated carbocycles. The lowest BCUT2D eigenvalue weighted by Crippen LogP contribution is -2.43. The van der Waals surface area contributed by atoms with Crippen LogP contribution >= 0.6 is 11.3 Å². The van der Waals surface area contributed by atoms with Crippen molar-refractivity contribution in [2.75, 3.05) is 7.11 Å². The highest BCUT2D eigenvalue weighted by Crippen LogP contribution is 2.45. The van der Waals surface area contributed by atoms with Crippen molar-refractivity contribution in [1.82, 2.24) is 9.88 Å². The predicted molar refractivity (Wildman–Crippen MR) is 137 cm³/mol. The molecule has 1 aromatic carbocycles. The summed E-state index contributed by atoms with van der Waals surface area (Å²) < 4.78 is 7.78. The van der Waals surface area contributed by atoms with E-state index in [1.54, 1.807) is 24.5 Å². The van der Waals surface area contributed by atoms with Gasteiger partial charge < -0.3 is 19.7 Å². The van der Waals surface area contributed by atoms with Gasteiger partial charge in [0.2, 0.25) is 11.3 Å². The number of hydrogen-bond acceptors (Lipinski definition) is 5. The number of nitrogens with zero attached hydrogens (tertiary/aromatic N) is 1. The molecule has 0 saturated heterocycles. The Morgan fingerprint density at radius 3 is 2.57 bits per heavy atom. The number of ether oxygens (including phenoxy) is 1. The fourth-order valence-corrected chi connectivity index (χ4v) is 6.09. The summed E-state index contributed by atoms with van der Waals surface area (Å²) in [7, 11) is 1.59. The number of aromatic carboxylic acids is 1. The van der Waals surface area contributed by atoms with E-state index in [0.29, 0.717) is 16.7 Å². The molecular weight excluding hydrogens is 464 g/mol. The van der Waals surface area contributed by atoms with Crippen LogP contribution in [0, 0.1) is 5.41 Å². The van der Waals surface area contributed by atoms with Crippen LogP contribution in [0.4, 0.5) is 0 Å². The maximum atomic E-state index is 13.0. The fourth-order valence-electron chi connectivity index (χ4n) is 4.78. The molecule has 0 bridgehead atoms. The van der Waals surface area contributed by atoms with E-state index in [4.69, 9.17) is 4.74 Å². The van der Waals surface area contributed by atoms with Gasteiger partial charge in [-0.1, -0.05) is 20.8 Å². The van der Waals surface area contributed by atoms with Crippen molar-refractivity contribution in [3.63, 3.8) is 0 Å². The van der Waals surface area contributed by atoms with Crippen LogP contribution in [0.5, 0.6) is 5.75 Å². The summed E-state index contributed by atoms with van der Waals surface area (Å²) in [4.78, 5) is 39.4. The van der Waals surface area contributed by atoms with Crippen LogP contribution in [0.1, 0.15) is 66.9 Å². The molecule has 1 atom stereocenters. The first-order valence-electron chi connectivity index (χ1n) is 12.0. The average Bonchev–Trinajstić information content (AvgIpc) is 3.56. The van der Waals surface area contributed by atoms with E-state index in [9.17, 15) is 19.5 Å². The van der Waals surface area contributed by atoms with Gasteiger partial charge in [0.1, 0.15) is 5.56 Å². The van der Waals surface area contributed by atoms with Gasteiger partial charge in [-0.3, -0.25) is 9.59 Å². The second-order valence-electron chi connectivity index (χ2n) is 10.6. The fraction of sp³-hybridized carbons (Fsp3) is 0.444. The Labute approximate surface area is 207 Å². The van der Waals surface area contributed by atoms with Gasteiger partial charge in [-0.05, 0) is 49.4 Å². The van der Waals surface area contributed by atoms with Crippen LogP contribution < -0.4 is 15.5 Å². The van der Waals surface area contributed by atoms with E-state index >= 15 is 0 Å². The monoisotopic (exact) mass is 494 g/mol. The molecule has 1 unspecified atom stereocenters. The molecule has 7 nitrogen and oxygen atoms in total. The van der Waals surface area contributed by atoms with Gasteiger partial charge in [-0.15, -0.1) is 11.3 Å². The van der Waals surface area contributed by atoms with Gasteiger partial charge >= 0.3 is 5.97 Å². The number of rotatable bonds is 5. The molecule has 0 spiro atoms. The van der Waals surface area contributed by atoms with E-state index < -0.39 is 16.8 Å². The summed E-state index contributed by atoms with van der Waals surface area (Å²) >= 11 is 1.69. The lowest BCUT2D eigenvalue weighted by molar-refractivity contribution is -0.129. The number of carboxylic acids is 1. The minimum Gasteiger partial charge on any atom is -0.494 e. The van der Waals surface area contributed by atoms with Crippen LogP contribution in [0.25, 0.3) is 21.3 Å². The van der Waals surface area contributed by atoms with Crippen molar-refractivity contribution in [1.29, 1.82) is 0 Å². The molecule has 3 aromatic rings. The second-order valence-corrected chi connectivity index (χ2v) is 11.7. The number of aromatic nitrogens is 1. The number of hydrogen-bond donors (Lipinski definition) is 2. The predicted octanol–water partition coefficient (Wildman–Crippen LogP) is 4.79. The summed E-state index contributed by atoms with van der Waals surface area (Å²) in [6, 6.07) is 6.07. The maximum absolute atomic E-state index is 13.0. The molecule has 2 aliphatic carbocycles. The lowest BCUT2D eigenvalue weighted by Gasteiger charge is -2.27. The van der Waals surface area contributed by atoms with Gasteiger partial charge in [-0.2, -0.15) is 0 Å². The number of fused-ring (bicyclic) bond motifs is 2. The maximum Gasteiger partial charge on any atom is 0.341 e. The van der Waals surface area contributed by atoms with Gasteiger partial charge in [0.15, 0.2) is 5.75 Å². The first-order valence-corrected chi connectivity index (χ1v) is 12.8. The molecular formula is C27H30N2O5S. The van der Waals surface area contributed by atoms with Gasteiger partial charge in [-0.25, -0.2) is 4.79 Å². The van der Waals surface area contributed by atoms with Gasteiger partial charge in [0.05, 0.1) is 18.0 Å². The van der Waals surface area contributed by atoms with Crippen molar-refractivity contribution < 1.29 is 19.4 Å². The number of aryl methyl sites for hydroxylation is 1. The molecule has 2 aromatic heterocycles. The second kappa shape index (κ2) is 8.52. The quantitative estimate of drug-likeness (QED) is 0.531. The number of nitrogens with one attached hydrogen (secondary N) is 1. The SMILES string of the molecule is COc1c(-c2cc3c(s2)CC(NC(=O)C(C)(C)C)CC3)ccc2c(=O)c(C(=O)O)cn(C3CC3)c12. The zero-order valence-corrected chi connectivity index (χ0v) is 21.3. The summed E-state index contributed by atoms with van der Waals surface area (Å²) in [6.07, 6.45) is 5.95. The minimum atomic E-state index is -1.21. The van der Waals surface area contributed by atoms with Crippen molar-refractivity contribution in [3.8, 4) is 16.2 Å². The van der Waals surface area contributed by atoms with E-state index in [0.717, 1.165) is 42.5 Å². The minimum absolute atomic E-state index is 0.0673. The van der Waals surface area contributed by atoms with Crippen molar-refractivity contribution >= 4 is 34.1 Å². The lowest BCUT2D eigenvalue weighted by atomic mass is 9.91. The first-order chi connectivity index (χ1) is 16.6. The van der Waals surface area contributed by atoms with E-state index in [1.165, 1.54) is 16.6 Å². The molecule has 1 amide bonds. The van der Waals surface area contributed by atoms with Crippen LogP contribution in [-0.2, 0) is 17.6 Å².